The van der Waals surface area contributed by atoms with Gasteiger partial charge in [0.05, 0.1) is 12.5 Å². The summed E-state index contributed by atoms with van der Waals surface area (Å²) in [6.45, 7) is 7.16. The average molecular weight is 293 g/mol. The van der Waals surface area contributed by atoms with Crippen LogP contribution >= 0.6 is 0 Å². The molecule has 1 atom stereocenters. The Balaban J connectivity index is 1.92. The molecule has 21 heavy (non-hydrogen) atoms. The van der Waals surface area contributed by atoms with Gasteiger partial charge in [-0.2, -0.15) is 10.1 Å². The van der Waals surface area contributed by atoms with E-state index in [1.165, 1.54) is 0 Å². The summed E-state index contributed by atoms with van der Waals surface area (Å²) < 4.78 is 10.3. The van der Waals surface area contributed by atoms with E-state index in [4.69, 9.17) is 9.26 Å². The Kier molecular flexibility index (Phi) is 4.25. The quantitative estimate of drug-likeness (QED) is 0.892. The van der Waals surface area contributed by atoms with Gasteiger partial charge < -0.3 is 14.6 Å². The van der Waals surface area contributed by atoms with E-state index in [2.05, 4.69) is 25.7 Å². The maximum atomic E-state index is 11.7. The van der Waals surface area contributed by atoms with Crippen molar-refractivity contribution >= 4 is 6.09 Å². The maximum absolute atomic E-state index is 11.7. The van der Waals surface area contributed by atoms with E-state index in [9.17, 15) is 4.79 Å². The number of rotatable bonds is 4. The summed E-state index contributed by atoms with van der Waals surface area (Å²) in [5.41, 5.74) is 0.324. The fourth-order valence-corrected chi connectivity index (χ4v) is 1.61. The minimum absolute atomic E-state index is 0.398. The Labute approximate surface area is 122 Å². The minimum Gasteiger partial charge on any atom is -0.444 e. The van der Waals surface area contributed by atoms with Crippen LogP contribution in [0.1, 0.15) is 51.1 Å². The first-order valence-corrected chi connectivity index (χ1v) is 6.64. The molecule has 114 valence electrons. The Morgan fingerprint density at radius 2 is 2.29 bits per heavy atom. The normalized spacial score (nSPS) is 13.0. The monoisotopic (exact) mass is 293 g/mol. The van der Waals surface area contributed by atoms with Crippen molar-refractivity contribution in [3.05, 3.63) is 29.7 Å². The van der Waals surface area contributed by atoms with Gasteiger partial charge in [0.25, 0.3) is 0 Å². The van der Waals surface area contributed by atoms with Crippen LogP contribution in [-0.4, -0.2) is 32.0 Å². The molecule has 2 rings (SSSR count). The summed E-state index contributed by atoms with van der Waals surface area (Å²) in [6.07, 6.45) is 1.60. The van der Waals surface area contributed by atoms with Crippen molar-refractivity contribution in [2.24, 2.45) is 0 Å². The molecule has 2 N–H and O–H groups in total. The third-order valence-electron chi connectivity index (χ3n) is 2.50. The summed E-state index contributed by atoms with van der Waals surface area (Å²) >= 11 is 0. The molecule has 2 aromatic heterocycles. The van der Waals surface area contributed by atoms with Crippen molar-refractivity contribution in [1.29, 1.82) is 0 Å². The van der Waals surface area contributed by atoms with Crippen LogP contribution in [0.15, 0.2) is 16.8 Å². The van der Waals surface area contributed by atoms with Crippen LogP contribution in [0.3, 0.4) is 0 Å². The SMILES string of the molecule is C[C@H](NC(=O)OC(C)(C)C)c1noc(Cc2ccn[nH]2)n1. The van der Waals surface area contributed by atoms with E-state index >= 15 is 0 Å². The minimum atomic E-state index is -0.549. The summed E-state index contributed by atoms with van der Waals surface area (Å²) in [6, 6.07) is 1.42. The summed E-state index contributed by atoms with van der Waals surface area (Å²) in [5, 5.41) is 13.2. The maximum Gasteiger partial charge on any atom is 0.408 e. The molecule has 0 bridgehead atoms. The standard InChI is InChI=1S/C13H19N5O3/c1-8(15-12(19)20-13(2,3)4)11-16-10(21-18-11)7-9-5-6-14-17-9/h5-6,8H,7H2,1-4H3,(H,14,17)(H,15,19)/t8-/m0/s1. The zero-order valence-electron chi connectivity index (χ0n) is 12.5. The first kappa shape index (κ1) is 15.0. The van der Waals surface area contributed by atoms with Gasteiger partial charge in [-0.1, -0.05) is 5.16 Å². The Bertz CT molecular complexity index is 585. The van der Waals surface area contributed by atoms with Gasteiger partial charge in [-0.05, 0) is 33.8 Å². The molecule has 0 aliphatic rings. The van der Waals surface area contributed by atoms with E-state index in [0.717, 1.165) is 5.69 Å². The number of carbonyl (C=O) groups excluding carboxylic acids is 1. The fourth-order valence-electron chi connectivity index (χ4n) is 1.61. The molecule has 0 radical (unpaired) electrons. The number of nitrogens with zero attached hydrogens (tertiary/aromatic N) is 3. The highest BCUT2D eigenvalue weighted by molar-refractivity contribution is 5.68. The lowest BCUT2D eigenvalue weighted by atomic mass is 10.2. The Morgan fingerprint density at radius 1 is 1.52 bits per heavy atom. The van der Waals surface area contributed by atoms with Crippen molar-refractivity contribution in [3.8, 4) is 0 Å². The van der Waals surface area contributed by atoms with Crippen molar-refractivity contribution in [3.63, 3.8) is 0 Å². The zero-order valence-corrected chi connectivity index (χ0v) is 12.5. The topological polar surface area (TPSA) is 106 Å². The number of aromatic nitrogens is 4. The second-order valence-corrected chi connectivity index (χ2v) is 5.67. The van der Waals surface area contributed by atoms with Crippen LogP contribution in [0.2, 0.25) is 0 Å². The van der Waals surface area contributed by atoms with Crippen LogP contribution in [0.5, 0.6) is 0 Å². The van der Waals surface area contributed by atoms with Crippen LogP contribution in [0, 0.1) is 0 Å². The van der Waals surface area contributed by atoms with E-state index < -0.39 is 17.7 Å². The van der Waals surface area contributed by atoms with E-state index in [0.29, 0.717) is 18.1 Å². The van der Waals surface area contributed by atoms with Crippen LogP contribution in [-0.2, 0) is 11.2 Å². The predicted molar refractivity (Wildman–Crippen MR) is 73.5 cm³/mol. The van der Waals surface area contributed by atoms with Crippen LogP contribution in [0.25, 0.3) is 0 Å². The number of ether oxygens (including phenoxy) is 1. The van der Waals surface area contributed by atoms with E-state index in [1.54, 1.807) is 33.9 Å². The molecule has 8 nitrogen and oxygen atoms in total. The van der Waals surface area contributed by atoms with Crippen LogP contribution < -0.4 is 5.32 Å². The molecule has 0 saturated carbocycles. The lowest BCUT2D eigenvalue weighted by Crippen LogP contribution is -2.34. The molecular formula is C13H19N5O3. The van der Waals surface area contributed by atoms with Crippen molar-refractivity contribution < 1.29 is 14.1 Å². The zero-order chi connectivity index (χ0) is 15.5. The van der Waals surface area contributed by atoms with Gasteiger partial charge in [-0.15, -0.1) is 0 Å². The van der Waals surface area contributed by atoms with Gasteiger partial charge in [-0.25, -0.2) is 4.79 Å². The third-order valence-corrected chi connectivity index (χ3v) is 2.50. The van der Waals surface area contributed by atoms with E-state index in [-0.39, 0.29) is 0 Å². The molecule has 0 fully saturated rings. The number of amides is 1. The molecule has 2 aromatic rings. The number of hydrogen-bond donors (Lipinski definition) is 2. The Morgan fingerprint density at radius 3 is 2.90 bits per heavy atom. The third kappa shape index (κ3) is 4.59. The predicted octanol–water partition coefficient (Wildman–Crippen LogP) is 1.97. The summed E-state index contributed by atoms with van der Waals surface area (Å²) in [4.78, 5) is 15.9. The largest absolute Gasteiger partial charge is 0.444 e. The first-order valence-electron chi connectivity index (χ1n) is 6.64. The van der Waals surface area contributed by atoms with Gasteiger partial charge in [0.1, 0.15) is 5.60 Å². The van der Waals surface area contributed by atoms with Gasteiger partial charge in [0, 0.05) is 11.9 Å². The number of hydrogen-bond acceptors (Lipinski definition) is 6. The number of nitrogens with one attached hydrogen (secondary N) is 2. The lowest BCUT2D eigenvalue weighted by Gasteiger charge is -2.20. The second-order valence-electron chi connectivity index (χ2n) is 5.67. The second kappa shape index (κ2) is 5.94. The number of aromatic amines is 1. The van der Waals surface area contributed by atoms with Gasteiger partial charge in [0.15, 0.2) is 5.82 Å². The van der Waals surface area contributed by atoms with E-state index in [1.807, 2.05) is 6.07 Å². The summed E-state index contributed by atoms with van der Waals surface area (Å²) in [5.74, 6) is 0.850. The molecule has 8 heteroatoms. The molecule has 0 saturated heterocycles. The average Bonchev–Trinajstić information content (AvgIpc) is 2.98. The number of H-pyrrole nitrogens is 1. The van der Waals surface area contributed by atoms with Gasteiger partial charge in [-0.3, -0.25) is 5.10 Å². The highest BCUT2D eigenvalue weighted by atomic mass is 16.6. The first-order chi connectivity index (χ1) is 9.83. The van der Waals surface area contributed by atoms with Crippen molar-refractivity contribution in [2.45, 2.75) is 45.8 Å². The van der Waals surface area contributed by atoms with Crippen molar-refractivity contribution in [2.75, 3.05) is 0 Å². The van der Waals surface area contributed by atoms with Crippen LogP contribution in [0.4, 0.5) is 4.79 Å². The number of carbonyl (C=O) groups is 1. The molecule has 0 unspecified atom stereocenters. The molecule has 2 heterocycles. The number of alkyl carbamates (subject to hydrolysis) is 1. The summed E-state index contributed by atoms with van der Waals surface area (Å²) in [7, 11) is 0. The molecule has 0 aliphatic heterocycles. The molecule has 1 amide bonds. The smallest absolute Gasteiger partial charge is 0.408 e. The lowest BCUT2D eigenvalue weighted by molar-refractivity contribution is 0.0505. The van der Waals surface area contributed by atoms with Crippen molar-refractivity contribution in [1.82, 2.24) is 25.7 Å². The van der Waals surface area contributed by atoms with Gasteiger partial charge >= 0.3 is 6.09 Å². The molecule has 0 aromatic carbocycles. The molecule has 0 aliphatic carbocycles. The molecule has 0 spiro atoms. The highest BCUT2D eigenvalue weighted by Crippen LogP contribution is 2.12. The highest BCUT2D eigenvalue weighted by Gasteiger charge is 2.21. The fraction of sp³-hybridized carbons (Fsp3) is 0.538. The molecular weight excluding hydrogens is 274 g/mol. The Hall–Kier alpha value is -2.38. The van der Waals surface area contributed by atoms with Gasteiger partial charge in [0.2, 0.25) is 5.89 Å².